The Kier molecular flexibility index (Phi) is 6.61. The van der Waals surface area contributed by atoms with Gasteiger partial charge in [0.05, 0.1) is 27.5 Å². The van der Waals surface area contributed by atoms with Crippen LogP contribution >= 0.6 is 11.3 Å². The number of para-hydroxylation sites is 1. The fourth-order valence-electron chi connectivity index (χ4n) is 4.89. The number of piperazine rings is 1. The van der Waals surface area contributed by atoms with Crippen LogP contribution in [0.1, 0.15) is 41.0 Å². The topological polar surface area (TPSA) is 56.8 Å². The smallest absolute Gasteiger partial charge is 0.236 e. The second-order valence-corrected chi connectivity index (χ2v) is 10.2. The van der Waals surface area contributed by atoms with Crippen molar-refractivity contribution in [2.75, 3.05) is 50.7 Å². The van der Waals surface area contributed by atoms with Gasteiger partial charge >= 0.3 is 0 Å². The van der Waals surface area contributed by atoms with E-state index in [1.807, 2.05) is 28.0 Å². The zero-order chi connectivity index (χ0) is 23.7. The third kappa shape index (κ3) is 4.83. The van der Waals surface area contributed by atoms with E-state index in [2.05, 4.69) is 11.0 Å². The van der Waals surface area contributed by atoms with E-state index >= 15 is 0 Å². The molecule has 2 aliphatic heterocycles. The van der Waals surface area contributed by atoms with Crippen molar-refractivity contribution >= 4 is 38.9 Å². The van der Waals surface area contributed by atoms with Crippen molar-refractivity contribution in [2.45, 2.75) is 25.7 Å². The van der Waals surface area contributed by atoms with Crippen molar-refractivity contribution in [2.24, 2.45) is 0 Å². The highest BCUT2D eigenvalue weighted by atomic mass is 32.1. The number of hydrogen-bond donors (Lipinski definition) is 0. The van der Waals surface area contributed by atoms with E-state index in [0.717, 1.165) is 36.5 Å². The van der Waals surface area contributed by atoms with Crippen LogP contribution in [-0.4, -0.2) is 72.3 Å². The van der Waals surface area contributed by atoms with E-state index in [4.69, 9.17) is 4.98 Å². The third-order valence-corrected chi connectivity index (χ3v) is 8.06. The van der Waals surface area contributed by atoms with Gasteiger partial charge < -0.3 is 9.80 Å². The Morgan fingerprint density at radius 2 is 1.88 bits per heavy atom. The number of amides is 1. The first-order valence-electron chi connectivity index (χ1n) is 11.9. The summed E-state index contributed by atoms with van der Waals surface area (Å²) in [4.78, 5) is 35.5. The molecule has 0 radical (unpaired) electrons. The molecule has 1 atom stereocenters. The zero-order valence-electron chi connectivity index (χ0n) is 19.4. The molecule has 2 aliphatic rings. The number of fused-ring (bicyclic) bond motifs is 1. The molecule has 1 aromatic heterocycles. The fourth-order valence-corrected chi connectivity index (χ4v) is 5.98. The number of halogens is 1. The molecule has 2 saturated heterocycles. The van der Waals surface area contributed by atoms with Crippen LogP contribution in [-0.2, 0) is 4.79 Å². The van der Waals surface area contributed by atoms with Gasteiger partial charge in [0.1, 0.15) is 5.82 Å². The van der Waals surface area contributed by atoms with Crippen molar-refractivity contribution < 1.29 is 14.0 Å². The van der Waals surface area contributed by atoms with E-state index in [-0.39, 0.29) is 17.5 Å². The Morgan fingerprint density at radius 1 is 1.09 bits per heavy atom. The lowest BCUT2D eigenvalue weighted by molar-refractivity contribution is -0.133. The van der Waals surface area contributed by atoms with Crippen LogP contribution in [0.15, 0.2) is 42.5 Å². The van der Waals surface area contributed by atoms with E-state index in [0.29, 0.717) is 49.9 Å². The maximum Gasteiger partial charge on any atom is 0.236 e. The summed E-state index contributed by atoms with van der Waals surface area (Å²) in [6, 6.07) is 12.9. The van der Waals surface area contributed by atoms with Gasteiger partial charge in [-0.1, -0.05) is 12.1 Å². The number of nitrogens with zero attached hydrogens (tertiary/aromatic N) is 4. The largest absolute Gasteiger partial charge is 0.367 e. The number of carbonyl (C=O) groups excluding carboxylic acids is 2. The molecule has 6 nitrogen and oxygen atoms in total. The van der Waals surface area contributed by atoms with Crippen LogP contribution in [0.5, 0.6) is 0 Å². The van der Waals surface area contributed by atoms with Gasteiger partial charge in [-0.2, -0.15) is 0 Å². The van der Waals surface area contributed by atoms with E-state index < -0.39 is 0 Å². The molecule has 0 aliphatic carbocycles. The molecule has 34 heavy (non-hydrogen) atoms. The summed E-state index contributed by atoms with van der Waals surface area (Å²) >= 11 is 1.74. The highest BCUT2D eigenvalue weighted by Gasteiger charge is 2.29. The molecule has 178 valence electrons. The van der Waals surface area contributed by atoms with Gasteiger partial charge in [0.2, 0.25) is 5.91 Å². The number of aromatic nitrogens is 1. The second kappa shape index (κ2) is 9.80. The maximum atomic E-state index is 14.5. The monoisotopic (exact) mass is 480 g/mol. The third-order valence-electron chi connectivity index (χ3n) is 6.86. The molecule has 2 aromatic carbocycles. The number of anilines is 1. The normalized spacial score (nSPS) is 19.5. The molecule has 0 saturated carbocycles. The van der Waals surface area contributed by atoms with Crippen molar-refractivity contribution in [3.63, 3.8) is 0 Å². The van der Waals surface area contributed by atoms with Gasteiger partial charge in [-0.3, -0.25) is 14.5 Å². The van der Waals surface area contributed by atoms with Crippen molar-refractivity contribution in [1.29, 1.82) is 0 Å². The lowest BCUT2D eigenvalue weighted by Gasteiger charge is -2.38. The second-order valence-electron chi connectivity index (χ2n) is 9.18. The molecular weight excluding hydrogens is 451 g/mol. The van der Waals surface area contributed by atoms with Crippen LogP contribution < -0.4 is 4.90 Å². The lowest BCUT2D eigenvalue weighted by atomic mass is 9.98. The van der Waals surface area contributed by atoms with Gasteiger partial charge in [-0.05, 0) is 50.1 Å². The predicted molar refractivity (Wildman–Crippen MR) is 133 cm³/mol. The summed E-state index contributed by atoms with van der Waals surface area (Å²) in [5.41, 5.74) is 1.94. The van der Waals surface area contributed by atoms with Gasteiger partial charge in [-0.15, -0.1) is 11.3 Å². The number of thiazole rings is 1. The zero-order valence-corrected chi connectivity index (χ0v) is 20.2. The maximum absolute atomic E-state index is 14.5. The molecule has 0 unspecified atom stereocenters. The van der Waals surface area contributed by atoms with Gasteiger partial charge in [0.25, 0.3) is 0 Å². The quantitative estimate of drug-likeness (QED) is 0.513. The first-order chi connectivity index (χ1) is 16.5. The van der Waals surface area contributed by atoms with Crippen LogP contribution in [0.2, 0.25) is 0 Å². The highest BCUT2D eigenvalue weighted by Crippen LogP contribution is 2.33. The Bertz CT molecular complexity index is 1170. The Morgan fingerprint density at radius 3 is 2.62 bits per heavy atom. The molecule has 3 aromatic rings. The number of piperidine rings is 1. The average molecular weight is 481 g/mol. The molecule has 5 rings (SSSR count). The van der Waals surface area contributed by atoms with Gasteiger partial charge in [0, 0.05) is 50.7 Å². The predicted octanol–water partition coefficient (Wildman–Crippen LogP) is 4.17. The molecule has 1 amide bonds. The van der Waals surface area contributed by atoms with E-state index in [9.17, 15) is 14.0 Å². The molecule has 3 heterocycles. The van der Waals surface area contributed by atoms with Crippen LogP contribution in [0, 0.1) is 5.82 Å². The number of hydrogen-bond acceptors (Lipinski definition) is 6. The minimum Gasteiger partial charge on any atom is -0.367 e. The van der Waals surface area contributed by atoms with Gasteiger partial charge in [0.15, 0.2) is 5.78 Å². The molecule has 8 heteroatoms. The van der Waals surface area contributed by atoms with Crippen LogP contribution in [0.4, 0.5) is 10.1 Å². The van der Waals surface area contributed by atoms with Crippen molar-refractivity contribution in [3.8, 4) is 0 Å². The first-order valence-corrected chi connectivity index (χ1v) is 12.7. The van der Waals surface area contributed by atoms with Crippen molar-refractivity contribution in [1.82, 2.24) is 14.8 Å². The summed E-state index contributed by atoms with van der Waals surface area (Å²) in [6.07, 6.45) is 2.06. The minimum atomic E-state index is -0.369. The Labute approximate surface area is 203 Å². The molecular formula is C26H29FN4O2S. The fraction of sp³-hybridized carbons (Fsp3) is 0.423. The number of benzene rings is 2. The van der Waals surface area contributed by atoms with E-state index in [1.54, 1.807) is 23.5 Å². The summed E-state index contributed by atoms with van der Waals surface area (Å²) in [6.45, 7) is 6.07. The van der Waals surface area contributed by atoms with Crippen LogP contribution in [0.25, 0.3) is 10.2 Å². The van der Waals surface area contributed by atoms with Gasteiger partial charge in [-0.25, -0.2) is 9.37 Å². The standard InChI is InChI=1S/C26H29FN4O2S/c1-18(32)19-8-9-23(21(27)15-19)30-13-11-29(12-14-30)17-25(33)31-10-4-5-20(16-31)26-28-22-6-2-3-7-24(22)34-26/h2-3,6-9,15,20H,4-5,10-14,16-17H2,1H3/t20-/m0/s1. The molecule has 0 N–H and O–H groups in total. The Hall–Kier alpha value is -2.84. The number of ketones is 1. The van der Waals surface area contributed by atoms with Crippen LogP contribution in [0.3, 0.4) is 0 Å². The summed E-state index contributed by atoms with van der Waals surface area (Å²) in [7, 11) is 0. The first kappa shape index (κ1) is 22.9. The van der Waals surface area contributed by atoms with Crippen molar-refractivity contribution in [3.05, 3.63) is 58.9 Å². The summed E-state index contributed by atoms with van der Waals surface area (Å²) in [5, 5.41) is 1.13. The molecule has 2 fully saturated rings. The minimum absolute atomic E-state index is 0.142. The SMILES string of the molecule is CC(=O)c1ccc(N2CCN(CC(=O)N3CCC[C@H](c4nc5ccccc5s4)C3)CC2)c(F)c1. The number of likely N-dealkylation sites (tertiary alicyclic amines) is 1. The number of Topliss-reactive ketones (excluding diaryl/α,β-unsaturated/α-hetero) is 1. The molecule has 0 bridgehead atoms. The summed E-state index contributed by atoms with van der Waals surface area (Å²) in [5.74, 6) is -0.0487. The number of carbonyl (C=O) groups is 2. The van der Waals surface area contributed by atoms with E-state index in [1.165, 1.54) is 17.7 Å². The average Bonchev–Trinajstić information content (AvgIpc) is 3.29. The highest BCUT2D eigenvalue weighted by molar-refractivity contribution is 7.18. The Balaban J connectivity index is 1.16. The molecule has 0 spiro atoms. The summed E-state index contributed by atoms with van der Waals surface area (Å²) < 4.78 is 15.7. The lowest BCUT2D eigenvalue weighted by Crippen LogP contribution is -2.51. The number of rotatable bonds is 5.